The zero-order chi connectivity index (χ0) is 15.0. The number of anilines is 1. The van der Waals surface area contributed by atoms with Gasteiger partial charge in [0.05, 0.1) is 17.6 Å². The summed E-state index contributed by atoms with van der Waals surface area (Å²) >= 11 is 3.37. The summed E-state index contributed by atoms with van der Waals surface area (Å²) in [5.41, 5.74) is 3.71. The maximum absolute atomic E-state index is 13.1. The first-order valence-corrected chi connectivity index (χ1v) is 7.31. The Labute approximate surface area is 130 Å². The van der Waals surface area contributed by atoms with Crippen LogP contribution in [0, 0.1) is 12.7 Å². The zero-order valence-electron chi connectivity index (χ0n) is 11.7. The molecule has 0 radical (unpaired) electrons. The Morgan fingerprint density at radius 2 is 2.14 bits per heavy atom. The largest absolute Gasteiger partial charge is 0.380 e. The molecule has 0 atom stereocenters. The molecule has 0 aliphatic carbocycles. The molecule has 0 unspecified atom stereocenters. The van der Waals surface area contributed by atoms with Gasteiger partial charge in [0, 0.05) is 23.5 Å². The summed E-state index contributed by atoms with van der Waals surface area (Å²) in [6, 6.07) is 6.70. The van der Waals surface area contributed by atoms with Crippen molar-refractivity contribution in [1.82, 2.24) is 14.8 Å². The predicted molar refractivity (Wildman–Crippen MR) is 84.7 cm³/mol. The Hall–Kier alpha value is -1.95. The van der Waals surface area contributed by atoms with Gasteiger partial charge in [0.1, 0.15) is 5.82 Å². The Morgan fingerprint density at radius 3 is 2.90 bits per heavy atom. The number of hydrogen-bond acceptors (Lipinski definition) is 3. The van der Waals surface area contributed by atoms with Crippen molar-refractivity contribution in [2.75, 3.05) is 5.32 Å². The van der Waals surface area contributed by atoms with Gasteiger partial charge in [0.15, 0.2) is 5.65 Å². The number of nitrogens with one attached hydrogen (secondary N) is 1. The molecule has 0 fully saturated rings. The Kier molecular flexibility index (Phi) is 3.63. The number of rotatable bonds is 3. The highest BCUT2D eigenvalue weighted by Gasteiger charge is 2.07. The lowest BCUT2D eigenvalue weighted by Crippen LogP contribution is -2.01. The van der Waals surface area contributed by atoms with Crippen LogP contribution in [0.25, 0.3) is 11.0 Å². The topological polar surface area (TPSA) is 42.7 Å². The van der Waals surface area contributed by atoms with Gasteiger partial charge in [-0.25, -0.2) is 9.37 Å². The van der Waals surface area contributed by atoms with E-state index in [0.29, 0.717) is 6.54 Å². The van der Waals surface area contributed by atoms with Gasteiger partial charge in [-0.05, 0) is 30.7 Å². The van der Waals surface area contributed by atoms with Crippen LogP contribution in [-0.4, -0.2) is 14.8 Å². The molecule has 108 valence electrons. The van der Waals surface area contributed by atoms with E-state index in [1.54, 1.807) is 16.9 Å². The first-order valence-electron chi connectivity index (χ1n) is 6.52. The number of fused-ring (bicyclic) bond motifs is 1. The monoisotopic (exact) mass is 348 g/mol. The number of nitrogens with zero attached hydrogens (tertiary/aromatic N) is 3. The van der Waals surface area contributed by atoms with Crippen molar-refractivity contribution in [3.05, 3.63) is 52.0 Å². The van der Waals surface area contributed by atoms with E-state index in [0.717, 1.165) is 32.5 Å². The van der Waals surface area contributed by atoms with E-state index in [2.05, 4.69) is 31.3 Å². The molecule has 0 bridgehead atoms. The number of halogens is 2. The fourth-order valence-electron chi connectivity index (χ4n) is 2.27. The van der Waals surface area contributed by atoms with Gasteiger partial charge < -0.3 is 5.32 Å². The molecule has 4 nitrogen and oxygen atoms in total. The van der Waals surface area contributed by atoms with Crippen molar-refractivity contribution in [3.63, 3.8) is 0 Å². The second kappa shape index (κ2) is 5.44. The minimum Gasteiger partial charge on any atom is -0.380 e. The van der Waals surface area contributed by atoms with Crippen LogP contribution in [-0.2, 0) is 13.6 Å². The SMILES string of the molecule is Cc1nn(C)c2ncc(NCc3ccc(F)cc3Br)cc12. The van der Waals surface area contributed by atoms with Gasteiger partial charge in [-0.15, -0.1) is 0 Å². The van der Waals surface area contributed by atoms with E-state index in [4.69, 9.17) is 0 Å². The second-order valence-electron chi connectivity index (χ2n) is 4.89. The number of hydrogen-bond donors (Lipinski definition) is 1. The fourth-order valence-corrected chi connectivity index (χ4v) is 2.76. The number of aryl methyl sites for hydroxylation is 2. The number of pyridine rings is 1. The molecule has 0 spiro atoms. The Morgan fingerprint density at radius 1 is 1.33 bits per heavy atom. The molecule has 0 saturated heterocycles. The molecule has 0 aliphatic heterocycles. The lowest BCUT2D eigenvalue weighted by Gasteiger charge is -2.08. The standard InChI is InChI=1S/C15H14BrFN4/c1-9-13-6-12(8-19-15(13)21(2)20-9)18-7-10-3-4-11(17)5-14(10)16/h3-6,8,18H,7H2,1-2H3. The third-order valence-corrected chi connectivity index (χ3v) is 4.10. The molecule has 0 aliphatic rings. The first-order chi connectivity index (χ1) is 10.0. The quantitative estimate of drug-likeness (QED) is 0.782. The van der Waals surface area contributed by atoms with Gasteiger partial charge in [-0.1, -0.05) is 22.0 Å². The van der Waals surface area contributed by atoms with Crippen LogP contribution in [0.3, 0.4) is 0 Å². The molecular formula is C15H14BrFN4. The zero-order valence-corrected chi connectivity index (χ0v) is 13.3. The van der Waals surface area contributed by atoms with Crippen LogP contribution >= 0.6 is 15.9 Å². The van der Waals surface area contributed by atoms with Gasteiger partial charge in [0.2, 0.25) is 0 Å². The second-order valence-corrected chi connectivity index (χ2v) is 5.75. The normalized spacial score (nSPS) is 11.0. The molecule has 1 N–H and O–H groups in total. The van der Waals surface area contributed by atoms with E-state index in [-0.39, 0.29) is 5.82 Å². The van der Waals surface area contributed by atoms with Crippen molar-refractivity contribution >= 4 is 32.7 Å². The highest BCUT2D eigenvalue weighted by molar-refractivity contribution is 9.10. The van der Waals surface area contributed by atoms with E-state index in [1.165, 1.54) is 12.1 Å². The van der Waals surface area contributed by atoms with Gasteiger partial charge in [0.25, 0.3) is 0 Å². The van der Waals surface area contributed by atoms with E-state index >= 15 is 0 Å². The summed E-state index contributed by atoms with van der Waals surface area (Å²) in [4.78, 5) is 4.42. The van der Waals surface area contributed by atoms with Gasteiger partial charge in [-0.3, -0.25) is 4.68 Å². The lowest BCUT2D eigenvalue weighted by molar-refractivity contribution is 0.626. The van der Waals surface area contributed by atoms with Crippen LogP contribution in [0.4, 0.5) is 10.1 Å². The molecule has 2 heterocycles. The third-order valence-electron chi connectivity index (χ3n) is 3.36. The van der Waals surface area contributed by atoms with Crippen LogP contribution < -0.4 is 5.32 Å². The highest BCUT2D eigenvalue weighted by atomic mass is 79.9. The fraction of sp³-hybridized carbons (Fsp3) is 0.200. The van der Waals surface area contributed by atoms with Crippen molar-refractivity contribution < 1.29 is 4.39 Å². The van der Waals surface area contributed by atoms with Crippen LogP contribution in [0.2, 0.25) is 0 Å². The molecule has 6 heteroatoms. The van der Waals surface area contributed by atoms with Crippen LogP contribution in [0.1, 0.15) is 11.3 Å². The van der Waals surface area contributed by atoms with Crippen molar-refractivity contribution in [3.8, 4) is 0 Å². The molecule has 0 saturated carbocycles. The summed E-state index contributed by atoms with van der Waals surface area (Å²) in [6.07, 6.45) is 1.78. The first kappa shape index (κ1) is 14.0. The molecule has 1 aromatic carbocycles. The van der Waals surface area contributed by atoms with Crippen molar-refractivity contribution in [1.29, 1.82) is 0 Å². The van der Waals surface area contributed by atoms with Crippen molar-refractivity contribution in [2.24, 2.45) is 7.05 Å². The Balaban J connectivity index is 1.83. The average Bonchev–Trinajstić information content (AvgIpc) is 2.73. The molecule has 2 aromatic heterocycles. The lowest BCUT2D eigenvalue weighted by atomic mass is 10.2. The average molecular weight is 349 g/mol. The van der Waals surface area contributed by atoms with Gasteiger partial charge in [-0.2, -0.15) is 5.10 Å². The van der Waals surface area contributed by atoms with E-state index in [9.17, 15) is 4.39 Å². The number of benzene rings is 1. The molecule has 3 aromatic rings. The van der Waals surface area contributed by atoms with Crippen LogP contribution in [0.15, 0.2) is 34.9 Å². The minimum atomic E-state index is -0.250. The van der Waals surface area contributed by atoms with Crippen molar-refractivity contribution in [2.45, 2.75) is 13.5 Å². The maximum atomic E-state index is 13.1. The summed E-state index contributed by atoms with van der Waals surface area (Å²) < 4.78 is 15.6. The van der Waals surface area contributed by atoms with Crippen LogP contribution in [0.5, 0.6) is 0 Å². The highest BCUT2D eigenvalue weighted by Crippen LogP contribution is 2.22. The van der Waals surface area contributed by atoms with E-state index < -0.39 is 0 Å². The molecular weight excluding hydrogens is 335 g/mol. The number of aromatic nitrogens is 3. The summed E-state index contributed by atoms with van der Waals surface area (Å²) in [7, 11) is 1.88. The molecule has 21 heavy (non-hydrogen) atoms. The Bertz CT molecular complexity index is 813. The third kappa shape index (κ3) is 2.76. The smallest absolute Gasteiger partial charge is 0.157 e. The molecule has 0 amide bonds. The van der Waals surface area contributed by atoms with E-state index in [1.807, 2.05) is 20.0 Å². The summed E-state index contributed by atoms with van der Waals surface area (Å²) in [5, 5.41) is 8.68. The predicted octanol–water partition coefficient (Wildman–Crippen LogP) is 3.79. The minimum absolute atomic E-state index is 0.250. The summed E-state index contributed by atoms with van der Waals surface area (Å²) in [5.74, 6) is -0.250. The molecule has 3 rings (SSSR count). The van der Waals surface area contributed by atoms with Gasteiger partial charge >= 0.3 is 0 Å². The summed E-state index contributed by atoms with van der Waals surface area (Å²) in [6.45, 7) is 2.55. The maximum Gasteiger partial charge on any atom is 0.157 e.